The van der Waals surface area contributed by atoms with Crippen LogP contribution in [-0.4, -0.2) is 38.5 Å². The molecule has 3 aromatic rings. The number of unbranched alkanes of at least 4 members (excludes halogenated alkanes) is 1. The first-order valence-electron chi connectivity index (χ1n) is 10.1. The highest BCUT2D eigenvalue weighted by molar-refractivity contribution is 8.00. The number of benzene rings is 2. The second-order valence-electron chi connectivity index (χ2n) is 6.97. The van der Waals surface area contributed by atoms with Crippen molar-refractivity contribution < 1.29 is 9.53 Å². The summed E-state index contributed by atoms with van der Waals surface area (Å²) in [7, 11) is 1.63. The monoisotopic (exact) mass is 425 g/mol. The summed E-state index contributed by atoms with van der Waals surface area (Å²) in [5.74, 6) is 0.722. The molecule has 0 radical (unpaired) electrons. The number of carbonyl (C=O) groups is 1. The zero-order valence-electron chi connectivity index (χ0n) is 17.5. The maximum absolute atomic E-state index is 12.5. The maximum atomic E-state index is 12.5. The highest BCUT2D eigenvalue weighted by atomic mass is 32.2. The lowest BCUT2D eigenvalue weighted by molar-refractivity contribution is -0.120. The van der Waals surface area contributed by atoms with E-state index in [1.807, 2.05) is 43.3 Å². The Kier molecular flexibility index (Phi) is 7.84. The fourth-order valence-corrected chi connectivity index (χ4v) is 3.72. The number of ether oxygens (including phenoxy) is 1. The van der Waals surface area contributed by atoms with Crippen molar-refractivity contribution in [2.75, 3.05) is 7.11 Å². The van der Waals surface area contributed by atoms with Crippen LogP contribution in [0, 0.1) is 0 Å². The molecule has 0 saturated carbocycles. The predicted molar refractivity (Wildman–Crippen MR) is 118 cm³/mol. The van der Waals surface area contributed by atoms with Gasteiger partial charge in [-0.25, -0.2) is 0 Å². The molecule has 1 heterocycles. The van der Waals surface area contributed by atoms with Crippen molar-refractivity contribution in [2.24, 2.45) is 0 Å². The smallest absolute Gasteiger partial charge is 0.233 e. The van der Waals surface area contributed by atoms with Crippen molar-refractivity contribution in [1.82, 2.24) is 25.5 Å². The van der Waals surface area contributed by atoms with Gasteiger partial charge in [-0.3, -0.25) is 4.79 Å². The number of rotatable bonds is 10. The number of thioether (sulfide) groups is 1. The molecule has 8 heteroatoms. The second-order valence-corrected chi connectivity index (χ2v) is 8.28. The van der Waals surface area contributed by atoms with E-state index in [0.717, 1.165) is 23.4 Å². The van der Waals surface area contributed by atoms with Crippen molar-refractivity contribution in [3.05, 3.63) is 59.7 Å². The van der Waals surface area contributed by atoms with E-state index < -0.39 is 0 Å². The van der Waals surface area contributed by atoms with Gasteiger partial charge in [-0.2, -0.15) is 4.68 Å². The summed E-state index contributed by atoms with van der Waals surface area (Å²) < 4.78 is 6.82. The molecule has 2 aromatic carbocycles. The van der Waals surface area contributed by atoms with Crippen LogP contribution in [0.5, 0.6) is 5.75 Å². The largest absolute Gasteiger partial charge is 0.497 e. The van der Waals surface area contributed by atoms with E-state index in [1.165, 1.54) is 30.2 Å². The van der Waals surface area contributed by atoms with Gasteiger partial charge in [0.25, 0.3) is 0 Å². The number of methoxy groups -OCH3 is 1. The van der Waals surface area contributed by atoms with E-state index in [4.69, 9.17) is 4.74 Å². The molecule has 0 fully saturated rings. The Hall–Kier alpha value is -2.87. The zero-order valence-corrected chi connectivity index (χ0v) is 18.4. The number of tetrazole rings is 1. The van der Waals surface area contributed by atoms with Crippen LogP contribution in [-0.2, 0) is 17.8 Å². The van der Waals surface area contributed by atoms with Crippen LogP contribution in [0.15, 0.2) is 53.7 Å². The molecule has 1 aromatic heterocycles. The van der Waals surface area contributed by atoms with Crippen LogP contribution in [0.1, 0.15) is 37.8 Å². The van der Waals surface area contributed by atoms with E-state index >= 15 is 0 Å². The molecule has 0 spiro atoms. The van der Waals surface area contributed by atoms with Gasteiger partial charge in [0.1, 0.15) is 5.75 Å². The third-order valence-corrected chi connectivity index (χ3v) is 5.75. The van der Waals surface area contributed by atoms with Gasteiger partial charge in [0.15, 0.2) is 0 Å². The number of amides is 1. The van der Waals surface area contributed by atoms with Crippen molar-refractivity contribution in [1.29, 1.82) is 0 Å². The third-order valence-electron chi connectivity index (χ3n) is 4.72. The van der Waals surface area contributed by atoms with Gasteiger partial charge in [0, 0.05) is 6.54 Å². The molecule has 0 aliphatic carbocycles. The number of hydrogen-bond donors (Lipinski definition) is 1. The molecule has 1 amide bonds. The Labute approximate surface area is 181 Å². The van der Waals surface area contributed by atoms with E-state index in [0.29, 0.717) is 11.7 Å². The minimum absolute atomic E-state index is 0.0692. The van der Waals surface area contributed by atoms with Crippen molar-refractivity contribution in [2.45, 2.75) is 50.1 Å². The van der Waals surface area contributed by atoms with Gasteiger partial charge in [0.05, 0.1) is 18.0 Å². The Morgan fingerprint density at radius 2 is 1.83 bits per heavy atom. The first kappa shape index (κ1) is 21.8. The van der Waals surface area contributed by atoms with Gasteiger partial charge in [0.2, 0.25) is 11.1 Å². The number of aromatic nitrogens is 4. The Morgan fingerprint density at radius 3 is 2.50 bits per heavy atom. The van der Waals surface area contributed by atoms with Crippen LogP contribution in [0.3, 0.4) is 0 Å². The number of hydrogen-bond acceptors (Lipinski definition) is 6. The average molecular weight is 426 g/mol. The number of nitrogens with one attached hydrogen (secondary N) is 1. The topological polar surface area (TPSA) is 81.9 Å². The molecule has 0 aliphatic heterocycles. The second kappa shape index (κ2) is 10.8. The normalized spacial score (nSPS) is 11.8. The molecule has 30 heavy (non-hydrogen) atoms. The molecule has 0 saturated heterocycles. The van der Waals surface area contributed by atoms with Gasteiger partial charge in [-0.15, -0.1) is 5.10 Å². The van der Waals surface area contributed by atoms with Gasteiger partial charge < -0.3 is 10.1 Å². The number of carbonyl (C=O) groups excluding carboxylic acids is 1. The SMILES string of the molecule is CCCCc1ccc(-n2nnnc2S[C@@H](C)C(=O)NCc2ccc(OC)cc2)cc1. The van der Waals surface area contributed by atoms with E-state index in [-0.39, 0.29) is 11.2 Å². The molecular formula is C22H27N5O2S. The Balaban J connectivity index is 1.58. The van der Waals surface area contributed by atoms with Crippen LogP contribution < -0.4 is 10.1 Å². The molecular weight excluding hydrogens is 398 g/mol. The zero-order chi connectivity index (χ0) is 21.3. The lowest BCUT2D eigenvalue weighted by Gasteiger charge is -2.12. The van der Waals surface area contributed by atoms with Crippen LogP contribution in [0.4, 0.5) is 0 Å². The van der Waals surface area contributed by atoms with E-state index in [9.17, 15) is 4.79 Å². The van der Waals surface area contributed by atoms with Crippen molar-refractivity contribution in [3.8, 4) is 11.4 Å². The fourth-order valence-electron chi connectivity index (χ4n) is 2.89. The number of aryl methyl sites for hydroxylation is 1. The summed E-state index contributed by atoms with van der Waals surface area (Å²) in [4.78, 5) is 12.5. The standard InChI is InChI=1S/C22H27N5O2S/c1-4-5-6-17-7-11-19(12-8-17)27-22(24-25-26-27)30-16(2)21(28)23-15-18-9-13-20(29-3)14-10-18/h7-14,16H,4-6,15H2,1-3H3,(H,23,28)/t16-/m0/s1. The van der Waals surface area contributed by atoms with E-state index in [1.54, 1.807) is 11.8 Å². The molecule has 7 nitrogen and oxygen atoms in total. The molecule has 158 valence electrons. The van der Waals surface area contributed by atoms with Gasteiger partial charge >= 0.3 is 0 Å². The van der Waals surface area contributed by atoms with Gasteiger partial charge in [-0.1, -0.05) is 49.4 Å². The lowest BCUT2D eigenvalue weighted by Crippen LogP contribution is -2.30. The first-order chi connectivity index (χ1) is 14.6. The van der Waals surface area contributed by atoms with E-state index in [2.05, 4.69) is 39.9 Å². The highest BCUT2D eigenvalue weighted by Crippen LogP contribution is 2.23. The molecule has 0 bridgehead atoms. The maximum Gasteiger partial charge on any atom is 0.233 e. The van der Waals surface area contributed by atoms with Crippen LogP contribution in [0.2, 0.25) is 0 Å². The summed E-state index contributed by atoms with van der Waals surface area (Å²) in [5.41, 5.74) is 3.19. The molecule has 3 rings (SSSR count). The van der Waals surface area contributed by atoms with Gasteiger partial charge in [-0.05, 0) is 65.6 Å². The fraction of sp³-hybridized carbons (Fsp3) is 0.364. The summed E-state index contributed by atoms with van der Waals surface area (Å²) >= 11 is 1.33. The predicted octanol–water partition coefficient (Wildman–Crippen LogP) is 3.81. The molecule has 1 atom stereocenters. The molecule has 0 aliphatic rings. The quantitative estimate of drug-likeness (QED) is 0.498. The minimum atomic E-state index is -0.336. The minimum Gasteiger partial charge on any atom is -0.497 e. The Bertz CT molecular complexity index is 941. The summed E-state index contributed by atoms with van der Waals surface area (Å²) in [5, 5.41) is 15.2. The lowest BCUT2D eigenvalue weighted by atomic mass is 10.1. The first-order valence-corrected chi connectivity index (χ1v) is 10.9. The van der Waals surface area contributed by atoms with Crippen LogP contribution in [0.25, 0.3) is 5.69 Å². The molecule has 1 N–H and O–H groups in total. The van der Waals surface area contributed by atoms with Crippen LogP contribution >= 0.6 is 11.8 Å². The summed E-state index contributed by atoms with van der Waals surface area (Å²) in [6.07, 6.45) is 3.42. The molecule has 0 unspecified atom stereocenters. The van der Waals surface area contributed by atoms with Crippen molar-refractivity contribution in [3.63, 3.8) is 0 Å². The summed E-state index contributed by atoms with van der Waals surface area (Å²) in [6, 6.07) is 15.9. The number of nitrogens with zero attached hydrogens (tertiary/aromatic N) is 4. The third kappa shape index (κ3) is 5.82. The summed E-state index contributed by atoms with van der Waals surface area (Å²) in [6.45, 7) is 4.49. The average Bonchev–Trinajstić information content (AvgIpc) is 3.24. The highest BCUT2D eigenvalue weighted by Gasteiger charge is 2.19. The van der Waals surface area contributed by atoms with Crippen molar-refractivity contribution >= 4 is 17.7 Å². The Morgan fingerprint density at radius 1 is 1.13 bits per heavy atom.